The number of aliphatic hydroxyl groups is 2. The zero-order valence-electron chi connectivity index (χ0n) is 15.1. The molecule has 0 radical (unpaired) electrons. The van der Waals surface area contributed by atoms with Gasteiger partial charge >= 0.3 is 0 Å². The molecule has 0 aromatic heterocycles. The third kappa shape index (κ3) is 16.4. The van der Waals surface area contributed by atoms with Crippen molar-refractivity contribution in [1.29, 1.82) is 0 Å². The molecule has 0 unspecified atom stereocenters. The lowest BCUT2D eigenvalue weighted by atomic mass is 10.1. The second kappa shape index (κ2) is 24.4. The lowest BCUT2D eigenvalue weighted by Crippen LogP contribution is -1.73. The molecule has 0 saturated heterocycles. The highest BCUT2D eigenvalue weighted by atomic mass is 16.2. The molecule has 126 valence electrons. The fourth-order valence-electron chi connectivity index (χ4n) is 1.26. The lowest BCUT2D eigenvalue weighted by molar-refractivity contribution is 0.399. The van der Waals surface area contributed by atoms with E-state index >= 15 is 0 Å². The predicted octanol–water partition coefficient (Wildman–Crippen LogP) is 5.40. The van der Waals surface area contributed by atoms with Crippen molar-refractivity contribution in [2.75, 3.05) is 14.2 Å². The van der Waals surface area contributed by atoms with E-state index in [1.54, 1.807) is 0 Å². The normalized spacial score (nSPS) is 7.45. The van der Waals surface area contributed by atoms with Gasteiger partial charge in [0.15, 0.2) is 0 Å². The van der Waals surface area contributed by atoms with E-state index in [0.717, 1.165) is 14.2 Å². The molecule has 2 aromatic carbocycles. The zero-order chi connectivity index (χ0) is 17.6. The molecule has 0 amide bonds. The molecule has 0 fully saturated rings. The molecule has 2 aromatic rings. The molecule has 2 rings (SSSR count). The van der Waals surface area contributed by atoms with E-state index in [2.05, 4.69) is 76.2 Å². The Kier molecular flexibility index (Phi) is 28.1. The first-order chi connectivity index (χ1) is 10.8. The van der Waals surface area contributed by atoms with Gasteiger partial charge in [-0.25, -0.2) is 0 Å². The first-order valence-electron chi connectivity index (χ1n) is 7.79. The highest BCUT2D eigenvalue weighted by Crippen LogP contribution is 2.17. The number of hydrogen-bond acceptors (Lipinski definition) is 2. The second-order valence-corrected chi connectivity index (χ2v) is 4.15. The van der Waals surface area contributed by atoms with Gasteiger partial charge in [-0.15, -0.1) is 0 Å². The summed E-state index contributed by atoms with van der Waals surface area (Å²) in [5.74, 6) is 0. The molecular formula is C20H34O2. The number of aliphatic hydroxyl groups excluding tert-OH is 2. The summed E-state index contributed by atoms with van der Waals surface area (Å²) in [7, 11) is 2.00. The molecule has 2 N–H and O–H groups in total. The largest absolute Gasteiger partial charge is 0.400 e. The van der Waals surface area contributed by atoms with Gasteiger partial charge in [0.25, 0.3) is 0 Å². The van der Waals surface area contributed by atoms with Gasteiger partial charge in [0.1, 0.15) is 0 Å². The van der Waals surface area contributed by atoms with Gasteiger partial charge in [-0.2, -0.15) is 0 Å². The van der Waals surface area contributed by atoms with Crippen LogP contribution >= 0.6 is 0 Å². The number of rotatable bonds is 1. The summed E-state index contributed by atoms with van der Waals surface area (Å²) >= 11 is 0. The van der Waals surface area contributed by atoms with Gasteiger partial charge in [-0.1, -0.05) is 101 Å². The fourth-order valence-corrected chi connectivity index (χ4v) is 1.26. The Balaban J connectivity index is -0.000000306. The third-order valence-corrected chi connectivity index (χ3v) is 1.88. The standard InChI is InChI=1S/C12H10.2C3H8.2CH4O/c1-3-7-11(8-4-1)12-9-5-2-6-10-12;2*1-3-2;2*1-2/h1-10H;2*3H2,1-2H3;2*2H,1H3. The summed E-state index contributed by atoms with van der Waals surface area (Å²) in [5, 5.41) is 14.0. The van der Waals surface area contributed by atoms with Gasteiger partial charge in [-0.3, -0.25) is 0 Å². The molecule has 0 saturated carbocycles. The van der Waals surface area contributed by atoms with Gasteiger partial charge in [0, 0.05) is 14.2 Å². The number of hydrogen-bond donors (Lipinski definition) is 2. The highest BCUT2D eigenvalue weighted by molar-refractivity contribution is 5.62. The van der Waals surface area contributed by atoms with Gasteiger partial charge < -0.3 is 10.2 Å². The van der Waals surface area contributed by atoms with Crippen molar-refractivity contribution in [2.24, 2.45) is 0 Å². The van der Waals surface area contributed by atoms with E-state index in [4.69, 9.17) is 10.2 Å². The third-order valence-electron chi connectivity index (χ3n) is 1.88. The molecule has 0 bridgehead atoms. The molecule has 0 spiro atoms. The topological polar surface area (TPSA) is 40.5 Å². The maximum atomic E-state index is 7.00. The van der Waals surface area contributed by atoms with Crippen molar-refractivity contribution in [3.63, 3.8) is 0 Å². The molecular weight excluding hydrogens is 272 g/mol. The van der Waals surface area contributed by atoms with Crippen LogP contribution in [0.3, 0.4) is 0 Å². The van der Waals surface area contributed by atoms with Gasteiger partial charge in [0.05, 0.1) is 0 Å². The van der Waals surface area contributed by atoms with Crippen molar-refractivity contribution in [3.8, 4) is 11.1 Å². The summed E-state index contributed by atoms with van der Waals surface area (Å²) in [6.07, 6.45) is 2.50. The molecule has 0 heterocycles. The van der Waals surface area contributed by atoms with Crippen LogP contribution in [0.1, 0.15) is 40.5 Å². The fraction of sp³-hybridized carbons (Fsp3) is 0.400. The van der Waals surface area contributed by atoms with Crippen LogP contribution in [0.15, 0.2) is 60.7 Å². The minimum absolute atomic E-state index is 1.00. The van der Waals surface area contributed by atoms with Crippen LogP contribution in [0, 0.1) is 0 Å². The Bertz CT molecular complexity index is 332. The van der Waals surface area contributed by atoms with Crippen molar-refractivity contribution < 1.29 is 10.2 Å². The Hall–Kier alpha value is -1.64. The first-order valence-corrected chi connectivity index (χ1v) is 7.79. The predicted molar refractivity (Wildman–Crippen MR) is 100 cm³/mol. The molecule has 2 heteroatoms. The van der Waals surface area contributed by atoms with E-state index in [-0.39, 0.29) is 0 Å². The van der Waals surface area contributed by atoms with E-state index in [9.17, 15) is 0 Å². The maximum Gasteiger partial charge on any atom is 0.0319 e. The first kappa shape index (κ1) is 25.3. The Labute approximate surface area is 137 Å². The van der Waals surface area contributed by atoms with Crippen LogP contribution in [-0.4, -0.2) is 24.4 Å². The smallest absolute Gasteiger partial charge is 0.0319 e. The Morgan fingerprint density at radius 2 is 0.682 bits per heavy atom. The molecule has 0 aliphatic rings. The molecule has 0 atom stereocenters. The molecule has 2 nitrogen and oxygen atoms in total. The highest BCUT2D eigenvalue weighted by Gasteiger charge is 1.91. The van der Waals surface area contributed by atoms with E-state index in [0.29, 0.717) is 0 Å². The minimum atomic E-state index is 1.00. The summed E-state index contributed by atoms with van der Waals surface area (Å²) in [5.41, 5.74) is 2.55. The molecule has 0 aliphatic heterocycles. The van der Waals surface area contributed by atoms with Gasteiger partial charge in [0.2, 0.25) is 0 Å². The maximum absolute atomic E-state index is 7.00. The SMILES string of the molecule is CCC.CCC.CO.CO.c1ccc(-c2ccccc2)cc1. The van der Waals surface area contributed by atoms with Crippen LogP contribution in [-0.2, 0) is 0 Å². The minimum Gasteiger partial charge on any atom is -0.400 e. The van der Waals surface area contributed by atoms with Gasteiger partial charge in [-0.05, 0) is 11.1 Å². The van der Waals surface area contributed by atoms with E-state index in [1.807, 2.05) is 12.1 Å². The zero-order valence-corrected chi connectivity index (χ0v) is 15.1. The van der Waals surface area contributed by atoms with Crippen LogP contribution < -0.4 is 0 Å². The monoisotopic (exact) mass is 306 g/mol. The van der Waals surface area contributed by atoms with E-state index < -0.39 is 0 Å². The molecule has 0 aliphatic carbocycles. The quantitative estimate of drug-likeness (QED) is 0.740. The van der Waals surface area contributed by atoms with Crippen LogP contribution in [0.2, 0.25) is 0 Å². The van der Waals surface area contributed by atoms with Crippen LogP contribution in [0.5, 0.6) is 0 Å². The number of benzene rings is 2. The second-order valence-electron chi connectivity index (χ2n) is 4.15. The summed E-state index contributed by atoms with van der Waals surface area (Å²) in [4.78, 5) is 0. The van der Waals surface area contributed by atoms with Crippen molar-refractivity contribution >= 4 is 0 Å². The van der Waals surface area contributed by atoms with Crippen LogP contribution in [0.4, 0.5) is 0 Å². The van der Waals surface area contributed by atoms with E-state index in [1.165, 1.54) is 24.0 Å². The summed E-state index contributed by atoms with van der Waals surface area (Å²) in [6.45, 7) is 8.50. The average molecular weight is 306 g/mol. The average Bonchev–Trinajstić information content (AvgIpc) is 2.61. The lowest BCUT2D eigenvalue weighted by Gasteiger charge is -1.98. The summed E-state index contributed by atoms with van der Waals surface area (Å²) in [6, 6.07) is 20.8. The van der Waals surface area contributed by atoms with Crippen molar-refractivity contribution in [1.82, 2.24) is 0 Å². The van der Waals surface area contributed by atoms with Crippen molar-refractivity contribution in [3.05, 3.63) is 60.7 Å². The van der Waals surface area contributed by atoms with Crippen molar-refractivity contribution in [2.45, 2.75) is 40.5 Å². The summed E-state index contributed by atoms with van der Waals surface area (Å²) < 4.78 is 0. The Morgan fingerprint density at radius 1 is 0.500 bits per heavy atom. The van der Waals surface area contributed by atoms with Crippen LogP contribution in [0.25, 0.3) is 11.1 Å². The Morgan fingerprint density at radius 3 is 0.864 bits per heavy atom. The molecule has 22 heavy (non-hydrogen) atoms.